The largest absolute Gasteiger partial charge is 0.507 e. The minimum absolute atomic E-state index is 0.126. The minimum atomic E-state index is -1.02. The first-order chi connectivity index (χ1) is 8.11. The summed E-state index contributed by atoms with van der Waals surface area (Å²) in [6.45, 7) is 0. The monoisotopic (exact) mass is 253 g/mol. The minimum Gasteiger partial charge on any atom is -0.507 e. The maximum Gasteiger partial charge on any atom is 0.327 e. The van der Waals surface area contributed by atoms with Gasteiger partial charge in [0.25, 0.3) is 5.91 Å². The summed E-state index contributed by atoms with van der Waals surface area (Å²) in [5.74, 6) is -0.864. The molecule has 0 spiro atoms. The van der Waals surface area contributed by atoms with E-state index in [1.54, 1.807) is 12.1 Å². The van der Waals surface area contributed by atoms with Gasteiger partial charge < -0.3 is 15.1 Å². The van der Waals surface area contributed by atoms with Gasteiger partial charge in [-0.1, -0.05) is 12.1 Å². The van der Waals surface area contributed by atoms with Crippen LogP contribution in [0.5, 0.6) is 5.75 Å². The average Bonchev–Trinajstić information content (AvgIpc) is 2.77. The molecule has 1 saturated heterocycles. The molecule has 1 aromatic rings. The van der Waals surface area contributed by atoms with Crippen LogP contribution in [0.25, 0.3) is 0 Å². The van der Waals surface area contributed by atoms with Crippen LogP contribution in [0.2, 0.25) is 0 Å². The van der Waals surface area contributed by atoms with Crippen LogP contribution in [-0.4, -0.2) is 44.7 Å². The first-order valence-corrected chi connectivity index (χ1v) is 6.16. The second kappa shape index (κ2) is 4.67. The Labute approximate surface area is 102 Å². The molecule has 0 aromatic heterocycles. The van der Waals surface area contributed by atoms with Crippen LogP contribution in [0.1, 0.15) is 10.4 Å². The Morgan fingerprint density at radius 1 is 1.35 bits per heavy atom. The van der Waals surface area contributed by atoms with Gasteiger partial charge in [-0.25, -0.2) is 4.79 Å². The Bertz CT molecular complexity index is 463. The van der Waals surface area contributed by atoms with E-state index in [-0.39, 0.29) is 11.3 Å². The van der Waals surface area contributed by atoms with Crippen molar-refractivity contribution in [1.29, 1.82) is 0 Å². The van der Waals surface area contributed by atoms with Crippen molar-refractivity contribution in [3.8, 4) is 5.75 Å². The second-order valence-electron chi connectivity index (χ2n) is 3.65. The van der Waals surface area contributed by atoms with Crippen molar-refractivity contribution < 1.29 is 19.8 Å². The van der Waals surface area contributed by atoms with Crippen molar-refractivity contribution in [3.05, 3.63) is 29.8 Å². The smallest absolute Gasteiger partial charge is 0.327 e. The maximum absolute atomic E-state index is 12.1. The number of hydrogen-bond acceptors (Lipinski definition) is 4. The van der Waals surface area contributed by atoms with Crippen molar-refractivity contribution in [1.82, 2.24) is 4.90 Å². The molecule has 17 heavy (non-hydrogen) atoms. The van der Waals surface area contributed by atoms with Crippen LogP contribution in [0, 0.1) is 0 Å². The second-order valence-corrected chi connectivity index (χ2v) is 4.65. The summed E-state index contributed by atoms with van der Waals surface area (Å²) in [4.78, 5) is 24.3. The molecule has 90 valence electrons. The topological polar surface area (TPSA) is 77.8 Å². The molecule has 1 aromatic carbocycles. The first kappa shape index (κ1) is 11.8. The van der Waals surface area contributed by atoms with Crippen molar-refractivity contribution in [2.24, 2.45) is 0 Å². The van der Waals surface area contributed by atoms with E-state index in [1.165, 1.54) is 28.8 Å². The van der Waals surface area contributed by atoms with Gasteiger partial charge in [-0.2, -0.15) is 0 Å². The zero-order valence-electron chi connectivity index (χ0n) is 8.87. The van der Waals surface area contributed by atoms with E-state index in [0.717, 1.165) is 0 Å². The molecule has 6 heteroatoms. The molecule has 1 unspecified atom stereocenters. The summed E-state index contributed by atoms with van der Waals surface area (Å²) in [7, 11) is 0. The molecule has 0 bridgehead atoms. The standard InChI is InChI=1S/C11H11NO4S/c13-9-4-2-1-3-7(9)10(14)12-6-17-5-8(12)11(15)16/h1-4,8,13H,5-6H2,(H,15,16). The third-order valence-corrected chi connectivity index (χ3v) is 3.57. The number of phenols is 1. The zero-order valence-corrected chi connectivity index (χ0v) is 9.68. The lowest BCUT2D eigenvalue weighted by Gasteiger charge is -2.20. The van der Waals surface area contributed by atoms with Gasteiger partial charge in [0.05, 0.1) is 11.4 Å². The van der Waals surface area contributed by atoms with E-state index in [4.69, 9.17) is 5.11 Å². The fourth-order valence-corrected chi connectivity index (χ4v) is 2.80. The van der Waals surface area contributed by atoms with Crippen LogP contribution < -0.4 is 0 Å². The highest BCUT2D eigenvalue weighted by molar-refractivity contribution is 7.99. The lowest BCUT2D eigenvalue weighted by Crippen LogP contribution is -2.41. The summed E-state index contributed by atoms with van der Waals surface area (Å²) in [5, 5.41) is 18.5. The highest BCUT2D eigenvalue weighted by atomic mass is 32.2. The molecule has 1 atom stereocenters. The molecule has 1 amide bonds. The van der Waals surface area contributed by atoms with Crippen molar-refractivity contribution in [2.75, 3.05) is 11.6 Å². The van der Waals surface area contributed by atoms with Gasteiger partial charge in [0.1, 0.15) is 11.8 Å². The van der Waals surface area contributed by atoms with Gasteiger partial charge in [0, 0.05) is 5.75 Å². The zero-order chi connectivity index (χ0) is 12.4. The predicted molar refractivity (Wildman–Crippen MR) is 63.0 cm³/mol. The first-order valence-electron chi connectivity index (χ1n) is 5.01. The van der Waals surface area contributed by atoms with E-state index in [2.05, 4.69) is 0 Å². The predicted octanol–water partition coefficient (Wildman–Crippen LogP) is 0.992. The van der Waals surface area contributed by atoms with Gasteiger partial charge in [0.15, 0.2) is 0 Å². The lowest BCUT2D eigenvalue weighted by molar-refractivity contribution is -0.140. The van der Waals surface area contributed by atoms with Crippen LogP contribution in [-0.2, 0) is 4.79 Å². The van der Waals surface area contributed by atoms with Crippen molar-refractivity contribution in [3.63, 3.8) is 0 Å². The number of hydrogen-bond donors (Lipinski definition) is 2. The van der Waals surface area contributed by atoms with E-state index >= 15 is 0 Å². The summed E-state index contributed by atoms with van der Waals surface area (Å²) < 4.78 is 0. The molecule has 0 aliphatic carbocycles. The van der Waals surface area contributed by atoms with Crippen molar-refractivity contribution in [2.45, 2.75) is 6.04 Å². The maximum atomic E-state index is 12.1. The Kier molecular flexibility index (Phi) is 3.23. The van der Waals surface area contributed by atoms with Crippen LogP contribution in [0.4, 0.5) is 0 Å². The number of rotatable bonds is 2. The molecule has 0 saturated carbocycles. The highest BCUT2D eigenvalue weighted by Gasteiger charge is 2.35. The number of carbonyl (C=O) groups is 2. The Morgan fingerprint density at radius 3 is 2.71 bits per heavy atom. The van der Waals surface area contributed by atoms with Gasteiger partial charge in [-0.05, 0) is 12.1 Å². The molecule has 5 nitrogen and oxygen atoms in total. The third-order valence-electron chi connectivity index (χ3n) is 2.56. The van der Waals surface area contributed by atoms with E-state index < -0.39 is 17.9 Å². The highest BCUT2D eigenvalue weighted by Crippen LogP contribution is 2.26. The number of thioether (sulfide) groups is 1. The van der Waals surface area contributed by atoms with Crippen LogP contribution >= 0.6 is 11.8 Å². The number of carboxylic acid groups (broad SMARTS) is 1. The molecule has 0 radical (unpaired) electrons. The van der Waals surface area contributed by atoms with E-state index in [1.807, 2.05) is 0 Å². The number of benzene rings is 1. The summed E-state index contributed by atoms with van der Waals surface area (Å²) >= 11 is 1.39. The number of aliphatic carboxylic acids is 1. The summed E-state index contributed by atoms with van der Waals surface area (Å²) in [5.41, 5.74) is 0.140. The number of carboxylic acids is 1. The number of aromatic hydroxyl groups is 1. The Balaban J connectivity index is 2.26. The summed E-state index contributed by atoms with van der Waals surface area (Å²) in [6.07, 6.45) is 0. The fraction of sp³-hybridized carbons (Fsp3) is 0.273. The van der Waals surface area contributed by atoms with Crippen molar-refractivity contribution >= 4 is 23.6 Å². The lowest BCUT2D eigenvalue weighted by atomic mass is 10.1. The Morgan fingerprint density at radius 2 is 2.06 bits per heavy atom. The van der Waals surface area contributed by atoms with E-state index in [9.17, 15) is 14.7 Å². The number of nitrogens with zero attached hydrogens (tertiary/aromatic N) is 1. The molecular weight excluding hydrogens is 242 g/mol. The molecule has 1 fully saturated rings. The van der Waals surface area contributed by atoms with Crippen LogP contribution in [0.15, 0.2) is 24.3 Å². The summed E-state index contributed by atoms with van der Waals surface area (Å²) in [6, 6.07) is 5.32. The molecule has 1 heterocycles. The van der Waals surface area contributed by atoms with Gasteiger partial charge in [-0.15, -0.1) is 11.8 Å². The quantitative estimate of drug-likeness (QED) is 0.822. The number of phenolic OH excluding ortho intramolecular Hbond substituents is 1. The normalized spacial score (nSPS) is 19.3. The molecule has 1 aliphatic heterocycles. The molecule has 2 rings (SSSR count). The SMILES string of the molecule is O=C(O)C1CSCN1C(=O)c1ccccc1O. The van der Waals surface area contributed by atoms with Gasteiger partial charge in [-0.3, -0.25) is 4.79 Å². The number of para-hydroxylation sites is 1. The number of carbonyl (C=O) groups excluding carboxylic acids is 1. The van der Waals surface area contributed by atoms with E-state index in [0.29, 0.717) is 11.6 Å². The van der Waals surface area contributed by atoms with Crippen LogP contribution in [0.3, 0.4) is 0 Å². The van der Waals surface area contributed by atoms with Gasteiger partial charge in [0.2, 0.25) is 0 Å². The molecule has 1 aliphatic rings. The average molecular weight is 253 g/mol. The van der Waals surface area contributed by atoms with Gasteiger partial charge >= 0.3 is 5.97 Å². The number of amides is 1. The molecular formula is C11H11NO4S. The molecule has 2 N–H and O–H groups in total. The Hall–Kier alpha value is -1.69. The third kappa shape index (κ3) is 2.21. The fourth-order valence-electron chi connectivity index (χ4n) is 1.66.